The third-order valence-corrected chi connectivity index (χ3v) is 8.18. The van der Waals surface area contributed by atoms with E-state index < -0.39 is 69.5 Å². The molecule has 0 spiro atoms. The van der Waals surface area contributed by atoms with Crippen LogP contribution in [0.4, 0.5) is 14.5 Å². The van der Waals surface area contributed by atoms with E-state index in [0.717, 1.165) is 12.1 Å². The summed E-state index contributed by atoms with van der Waals surface area (Å²) in [7, 11) is 0. The minimum absolute atomic E-state index is 0.00521. The molecule has 0 aliphatic heterocycles. The number of ketones is 1. The van der Waals surface area contributed by atoms with Gasteiger partial charge in [0, 0.05) is 39.2 Å². The van der Waals surface area contributed by atoms with Crippen LogP contribution in [0.2, 0.25) is 15.1 Å². The number of amides is 1. The van der Waals surface area contributed by atoms with E-state index in [1.807, 2.05) is 0 Å². The number of ether oxygens (including phenoxy) is 1. The number of carbonyl (C=O) groups excluding carboxylic acids is 3. The van der Waals surface area contributed by atoms with Gasteiger partial charge in [-0.15, -0.1) is 23.2 Å². The van der Waals surface area contributed by atoms with Gasteiger partial charge in [0.2, 0.25) is 5.91 Å². The Morgan fingerprint density at radius 3 is 2.19 bits per heavy atom. The number of nitrogens with one attached hydrogen (secondary N) is 1. The lowest BCUT2D eigenvalue weighted by molar-refractivity contribution is -0.154. The maximum absolute atomic E-state index is 15.2. The molecule has 0 heterocycles. The molecule has 0 unspecified atom stereocenters. The fourth-order valence-corrected chi connectivity index (χ4v) is 6.19. The molecular weight excluding hydrogens is 654 g/mol. The van der Waals surface area contributed by atoms with Crippen molar-refractivity contribution in [3.8, 4) is 0 Å². The summed E-state index contributed by atoms with van der Waals surface area (Å²) in [5.74, 6) is -5.40. The van der Waals surface area contributed by atoms with Crippen LogP contribution < -0.4 is 5.32 Å². The van der Waals surface area contributed by atoms with Gasteiger partial charge < -0.3 is 10.1 Å². The number of hydrogen-bond acceptors (Lipinski definition) is 4. The lowest BCUT2D eigenvalue weighted by Gasteiger charge is -2.19. The molecule has 1 saturated carbocycles. The molecule has 42 heavy (non-hydrogen) atoms. The highest BCUT2D eigenvalue weighted by atomic mass is 35.5. The topological polar surface area (TPSA) is 72.5 Å². The Hall–Kier alpha value is -2.42. The number of alkyl halides is 2. The van der Waals surface area contributed by atoms with E-state index in [1.165, 1.54) is 24.3 Å². The predicted octanol–water partition coefficient (Wildman–Crippen LogP) is 8.76. The number of carbonyl (C=O) groups is 3. The minimum Gasteiger partial charge on any atom is -0.460 e. The van der Waals surface area contributed by atoms with Crippen molar-refractivity contribution in [3.05, 3.63) is 97.5 Å². The molecular formula is C30H24Cl5F2NO4. The first kappa shape index (κ1) is 32.5. The zero-order valence-corrected chi connectivity index (χ0v) is 26.2. The van der Waals surface area contributed by atoms with Crippen LogP contribution in [0.5, 0.6) is 0 Å². The van der Waals surface area contributed by atoms with Crippen molar-refractivity contribution >= 4 is 81.4 Å². The first-order valence-corrected chi connectivity index (χ1v) is 14.5. The quantitative estimate of drug-likeness (QED) is 0.147. The summed E-state index contributed by atoms with van der Waals surface area (Å²) in [4.78, 5) is 38.4. The molecule has 1 fully saturated rings. The normalized spacial score (nSPS) is 17.5. The maximum Gasteiger partial charge on any atom is 0.310 e. The zero-order valence-electron chi connectivity index (χ0n) is 22.5. The molecule has 1 aliphatic carbocycles. The summed E-state index contributed by atoms with van der Waals surface area (Å²) >= 11 is 31.2. The van der Waals surface area contributed by atoms with Crippen LogP contribution in [-0.4, -0.2) is 27.6 Å². The van der Waals surface area contributed by atoms with Gasteiger partial charge in [-0.2, -0.15) is 0 Å². The van der Waals surface area contributed by atoms with E-state index in [1.54, 1.807) is 32.9 Å². The van der Waals surface area contributed by atoms with Crippen molar-refractivity contribution in [2.45, 2.75) is 49.5 Å². The fourth-order valence-electron chi connectivity index (χ4n) is 4.59. The number of esters is 1. The molecule has 5 nitrogen and oxygen atoms in total. The van der Waals surface area contributed by atoms with Crippen LogP contribution in [0.25, 0.3) is 0 Å². The number of rotatable bonds is 8. The molecule has 1 N–H and O–H groups in total. The van der Waals surface area contributed by atoms with Crippen LogP contribution in [0.15, 0.2) is 48.5 Å². The Labute approximate surface area is 266 Å². The summed E-state index contributed by atoms with van der Waals surface area (Å²) in [5, 5.41) is 3.38. The van der Waals surface area contributed by atoms with Gasteiger partial charge in [0.25, 0.3) is 0 Å². The van der Waals surface area contributed by atoms with Crippen molar-refractivity contribution in [1.29, 1.82) is 0 Å². The molecule has 222 valence electrons. The van der Waals surface area contributed by atoms with E-state index in [-0.39, 0.29) is 21.8 Å². The van der Waals surface area contributed by atoms with Gasteiger partial charge in [0.1, 0.15) is 21.6 Å². The fraction of sp³-hybridized carbons (Fsp3) is 0.300. The average molecular weight is 678 g/mol. The van der Waals surface area contributed by atoms with Gasteiger partial charge in [-0.3, -0.25) is 14.4 Å². The zero-order chi connectivity index (χ0) is 31.1. The first-order valence-electron chi connectivity index (χ1n) is 12.6. The molecule has 3 aromatic carbocycles. The molecule has 0 radical (unpaired) electrons. The second kappa shape index (κ2) is 12.3. The lowest BCUT2D eigenvalue weighted by atomic mass is 9.98. The summed E-state index contributed by atoms with van der Waals surface area (Å²) < 4.78 is 33.6. The number of benzene rings is 3. The van der Waals surface area contributed by atoms with Crippen LogP contribution >= 0.6 is 58.0 Å². The molecule has 0 bridgehead atoms. The van der Waals surface area contributed by atoms with Crippen molar-refractivity contribution in [1.82, 2.24) is 0 Å². The second-order valence-electron chi connectivity index (χ2n) is 10.9. The van der Waals surface area contributed by atoms with Gasteiger partial charge in [0.15, 0.2) is 5.78 Å². The molecule has 1 aliphatic rings. The third-order valence-electron chi connectivity index (χ3n) is 6.47. The van der Waals surface area contributed by atoms with Gasteiger partial charge in [-0.25, -0.2) is 8.78 Å². The Bertz CT molecular complexity index is 1570. The third kappa shape index (κ3) is 7.37. The van der Waals surface area contributed by atoms with Gasteiger partial charge >= 0.3 is 5.97 Å². The molecule has 4 rings (SSSR count). The highest BCUT2D eigenvalue weighted by Crippen LogP contribution is 2.65. The average Bonchev–Trinajstić information content (AvgIpc) is 3.45. The lowest BCUT2D eigenvalue weighted by Crippen LogP contribution is -2.25. The van der Waals surface area contributed by atoms with E-state index >= 15 is 4.39 Å². The molecule has 2 atom stereocenters. The second-order valence-corrected chi connectivity index (χ2v) is 13.6. The summed E-state index contributed by atoms with van der Waals surface area (Å²) in [6, 6.07) is 11.0. The van der Waals surface area contributed by atoms with Crippen LogP contribution in [0.3, 0.4) is 0 Å². The Morgan fingerprint density at radius 1 is 0.929 bits per heavy atom. The summed E-state index contributed by atoms with van der Waals surface area (Å²) in [6.07, 6.45) is -1.14. The maximum atomic E-state index is 15.2. The van der Waals surface area contributed by atoms with Crippen molar-refractivity contribution < 1.29 is 27.9 Å². The number of anilines is 1. The smallest absolute Gasteiger partial charge is 0.310 e. The van der Waals surface area contributed by atoms with E-state index in [2.05, 4.69) is 5.32 Å². The van der Waals surface area contributed by atoms with E-state index in [0.29, 0.717) is 15.6 Å². The Kier molecular flexibility index (Phi) is 9.51. The van der Waals surface area contributed by atoms with Crippen molar-refractivity contribution in [2.75, 3.05) is 5.32 Å². The monoisotopic (exact) mass is 675 g/mol. The summed E-state index contributed by atoms with van der Waals surface area (Å²) in [6.45, 7) is 4.99. The molecule has 3 aromatic rings. The van der Waals surface area contributed by atoms with Crippen LogP contribution in [0.1, 0.15) is 53.7 Å². The van der Waals surface area contributed by atoms with Crippen molar-refractivity contribution in [2.24, 2.45) is 5.92 Å². The molecule has 1 amide bonds. The molecule has 0 aromatic heterocycles. The van der Waals surface area contributed by atoms with Gasteiger partial charge in [-0.05, 0) is 74.4 Å². The minimum atomic E-state index is -1.43. The van der Waals surface area contributed by atoms with Crippen molar-refractivity contribution in [3.63, 3.8) is 0 Å². The van der Waals surface area contributed by atoms with Gasteiger partial charge in [0.05, 0.1) is 17.4 Å². The number of halogens is 7. The predicted molar refractivity (Wildman–Crippen MR) is 161 cm³/mol. The number of Topliss-reactive ketones (excluding diaryl/α,β-unsaturated/α-hetero) is 1. The first-order chi connectivity index (χ1) is 19.5. The van der Waals surface area contributed by atoms with Gasteiger partial charge in [-0.1, -0.05) is 40.9 Å². The number of hydrogen-bond donors (Lipinski definition) is 1. The van der Waals surface area contributed by atoms with E-state index in [4.69, 9.17) is 62.7 Å². The molecule has 12 heteroatoms. The Morgan fingerprint density at radius 2 is 1.57 bits per heavy atom. The largest absolute Gasteiger partial charge is 0.460 e. The summed E-state index contributed by atoms with van der Waals surface area (Å²) in [5.41, 5.74) is -0.744. The van der Waals surface area contributed by atoms with E-state index in [9.17, 15) is 18.8 Å². The SMILES string of the molecule is CC(C)(C)OC(=O)Cc1ccc(F)c(CC(=O)c2cc(NC(=O)[C@H]3[C@H](c4cc(Cl)cc(Cl)c4)C3(Cl)Cl)ccc2Cl)c1F. The highest BCUT2D eigenvalue weighted by Gasteiger charge is 2.67. The van der Waals surface area contributed by atoms with Crippen LogP contribution in [0, 0.1) is 17.6 Å². The standard InChI is InChI=1S/C30H24Cl5F2NO4/c1-29(2,3)42-24(40)10-14-4-7-22(36)20(27(14)37)13-23(39)19-12-18(5-6-21(19)33)38-28(41)26-25(30(26,34)35)15-8-16(31)11-17(32)9-15/h4-9,11-12,25-26H,10,13H2,1-3H3,(H,38,41)/t25-,26+/m0/s1. The molecule has 0 saturated heterocycles. The highest BCUT2D eigenvalue weighted by molar-refractivity contribution is 6.53. The Balaban J connectivity index is 1.51. The van der Waals surface area contributed by atoms with Crippen LogP contribution in [-0.2, 0) is 27.2 Å².